The van der Waals surface area contributed by atoms with Crippen LogP contribution in [0.1, 0.15) is 5.56 Å². The van der Waals surface area contributed by atoms with Gasteiger partial charge in [0.25, 0.3) is 0 Å². The molecule has 1 N–H and O–H groups in total. The molecule has 0 aliphatic rings. The number of halogens is 4. The summed E-state index contributed by atoms with van der Waals surface area (Å²) in [5, 5.41) is 2.13. The maximum Gasteiger partial charge on any atom is 0.417 e. The van der Waals surface area contributed by atoms with Gasteiger partial charge < -0.3 is 5.32 Å². The molecule has 7 heteroatoms. The average molecular weight is 272 g/mol. The first-order chi connectivity index (χ1) is 6.80. The van der Waals surface area contributed by atoms with Gasteiger partial charge in [0.1, 0.15) is 4.32 Å². The van der Waals surface area contributed by atoms with E-state index in [-0.39, 0.29) is 15.0 Å². The molecule has 0 saturated carbocycles. The van der Waals surface area contributed by atoms with Crippen LogP contribution in [0.15, 0.2) is 18.2 Å². The van der Waals surface area contributed by atoms with Gasteiger partial charge in [0.05, 0.1) is 10.6 Å². The van der Waals surface area contributed by atoms with Gasteiger partial charge >= 0.3 is 6.18 Å². The quantitative estimate of drug-likeness (QED) is 0.592. The smallest absolute Gasteiger partial charge is 0.341 e. The molecule has 15 heavy (non-hydrogen) atoms. The number of nitrogens with one attached hydrogen (secondary N) is 1. The normalized spacial score (nSPS) is 11.3. The standard InChI is InChI=1S/C8H5ClF3NS2/c9-6-2-1-4(13-7(14)15)3-5(6)8(10,11)12/h1-3H,(H2,13,14,15). The lowest BCUT2D eigenvalue weighted by Gasteiger charge is -2.11. The van der Waals surface area contributed by atoms with E-state index in [1.807, 2.05) is 0 Å². The van der Waals surface area contributed by atoms with Crippen LogP contribution in [0.25, 0.3) is 0 Å². The largest absolute Gasteiger partial charge is 0.417 e. The summed E-state index contributed by atoms with van der Waals surface area (Å²) in [6, 6.07) is 3.42. The summed E-state index contributed by atoms with van der Waals surface area (Å²) >= 11 is 13.8. The third kappa shape index (κ3) is 3.55. The van der Waals surface area contributed by atoms with E-state index in [1.54, 1.807) is 0 Å². The molecule has 1 aromatic rings. The summed E-state index contributed by atoms with van der Waals surface area (Å²) in [5.41, 5.74) is -0.703. The molecule has 1 aromatic carbocycles. The molecule has 0 heterocycles. The van der Waals surface area contributed by atoms with Crippen molar-refractivity contribution in [3.05, 3.63) is 28.8 Å². The van der Waals surface area contributed by atoms with E-state index in [0.717, 1.165) is 12.1 Å². The van der Waals surface area contributed by atoms with Crippen molar-refractivity contribution in [3.63, 3.8) is 0 Å². The van der Waals surface area contributed by atoms with Gasteiger partial charge in [-0.2, -0.15) is 13.2 Å². The zero-order valence-corrected chi connectivity index (χ0v) is 9.57. The Bertz CT molecular complexity index is 392. The van der Waals surface area contributed by atoms with Crippen LogP contribution in [0, 0.1) is 0 Å². The van der Waals surface area contributed by atoms with E-state index in [1.165, 1.54) is 6.07 Å². The number of alkyl halides is 3. The zero-order chi connectivity index (χ0) is 11.6. The maximum absolute atomic E-state index is 12.4. The predicted octanol–water partition coefficient (Wildman–Crippen LogP) is 3.99. The molecule has 82 valence electrons. The minimum absolute atomic E-state index is 0.0884. The first-order valence-corrected chi connectivity index (χ1v) is 4.91. The highest BCUT2D eigenvalue weighted by molar-refractivity contribution is 8.11. The van der Waals surface area contributed by atoms with Gasteiger partial charge in [-0.05, 0) is 18.2 Å². The molecular weight excluding hydrogens is 267 g/mol. The molecule has 0 amide bonds. The van der Waals surface area contributed by atoms with Crippen molar-refractivity contribution in [2.24, 2.45) is 0 Å². The lowest BCUT2D eigenvalue weighted by atomic mass is 10.2. The molecule has 0 aliphatic heterocycles. The number of benzene rings is 1. The van der Waals surface area contributed by atoms with Crippen LogP contribution in [-0.4, -0.2) is 4.32 Å². The minimum Gasteiger partial charge on any atom is -0.341 e. The Hall–Kier alpha value is -0.460. The van der Waals surface area contributed by atoms with Crippen LogP contribution in [0.5, 0.6) is 0 Å². The number of anilines is 1. The Balaban J connectivity index is 3.11. The van der Waals surface area contributed by atoms with Crippen molar-refractivity contribution in [2.75, 3.05) is 5.32 Å². The predicted molar refractivity (Wildman–Crippen MR) is 61.7 cm³/mol. The van der Waals surface area contributed by atoms with Crippen LogP contribution in [0.2, 0.25) is 5.02 Å². The van der Waals surface area contributed by atoms with Crippen molar-refractivity contribution in [3.8, 4) is 0 Å². The summed E-state index contributed by atoms with van der Waals surface area (Å²) in [4.78, 5) is 0. The number of hydrogen-bond acceptors (Lipinski definition) is 1. The first-order valence-electron chi connectivity index (χ1n) is 3.67. The Morgan fingerprint density at radius 1 is 1.40 bits per heavy atom. The monoisotopic (exact) mass is 271 g/mol. The molecule has 0 unspecified atom stereocenters. The van der Waals surface area contributed by atoms with E-state index in [4.69, 9.17) is 11.6 Å². The van der Waals surface area contributed by atoms with Crippen LogP contribution < -0.4 is 5.32 Å². The zero-order valence-electron chi connectivity index (χ0n) is 7.10. The molecule has 1 rings (SSSR count). The molecule has 0 fully saturated rings. The highest BCUT2D eigenvalue weighted by Crippen LogP contribution is 2.36. The van der Waals surface area contributed by atoms with E-state index in [9.17, 15) is 13.2 Å². The summed E-state index contributed by atoms with van der Waals surface area (Å²) in [5.74, 6) is 0. The Morgan fingerprint density at radius 2 is 2.00 bits per heavy atom. The van der Waals surface area contributed by atoms with Crippen LogP contribution in [0.4, 0.5) is 18.9 Å². The van der Waals surface area contributed by atoms with Crippen LogP contribution in [-0.2, 0) is 6.18 Å². The van der Waals surface area contributed by atoms with E-state index in [2.05, 4.69) is 30.2 Å². The van der Waals surface area contributed by atoms with Gasteiger partial charge in [-0.25, -0.2) is 0 Å². The fourth-order valence-corrected chi connectivity index (χ4v) is 1.42. The van der Waals surface area contributed by atoms with Gasteiger partial charge in [-0.1, -0.05) is 23.8 Å². The molecule has 1 nitrogen and oxygen atoms in total. The van der Waals surface area contributed by atoms with Crippen molar-refractivity contribution < 1.29 is 13.2 Å². The van der Waals surface area contributed by atoms with Gasteiger partial charge in [0, 0.05) is 5.69 Å². The van der Waals surface area contributed by atoms with Gasteiger partial charge in [-0.15, -0.1) is 12.6 Å². The molecule has 0 radical (unpaired) electrons. The second kappa shape index (κ2) is 4.59. The number of hydrogen-bond donors (Lipinski definition) is 2. The third-order valence-electron chi connectivity index (χ3n) is 1.52. The van der Waals surface area contributed by atoms with Crippen molar-refractivity contribution in [1.29, 1.82) is 0 Å². The van der Waals surface area contributed by atoms with E-state index < -0.39 is 11.7 Å². The second-order valence-corrected chi connectivity index (χ2v) is 4.19. The topological polar surface area (TPSA) is 12.0 Å². The van der Waals surface area contributed by atoms with Crippen molar-refractivity contribution in [2.45, 2.75) is 6.18 Å². The van der Waals surface area contributed by atoms with Gasteiger partial charge in [0.2, 0.25) is 0 Å². The second-order valence-electron chi connectivity index (χ2n) is 2.62. The van der Waals surface area contributed by atoms with E-state index in [0.29, 0.717) is 0 Å². The summed E-state index contributed by atoms with van der Waals surface area (Å²) in [6.07, 6.45) is -4.48. The number of rotatable bonds is 1. The van der Waals surface area contributed by atoms with E-state index >= 15 is 0 Å². The van der Waals surface area contributed by atoms with Crippen molar-refractivity contribution >= 4 is 46.5 Å². The molecule has 0 saturated heterocycles. The molecule has 0 bridgehead atoms. The third-order valence-corrected chi connectivity index (χ3v) is 2.07. The molecule has 0 spiro atoms. The Morgan fingerprint density at radius 3 is 2.47 bits per heavy atom. The van der Waals surface area contributed by atoms with Gasteiger partial charge in [0.15, 0.2) is 0 Å². The fraction of sp³-hybridized carbons (Fsp3) is 0.125. The molecule has 0 aliphatic carbocycles. The fourth-order valence-electron chi connectivity index (χ4n) is 0.944. The first kappa shape index (κ1) is 12.6. The number of thiol groups is 1. The highest BCUT2D eigenvalue weighted by Gasteiger charge is 2.33. The Kier molecular flexibility index (Phi) is 3.86. The Labute approximate surface area is 100 Å². The van der Waals surface area contributed by atoms with Crippen LogP contribution >= 0.6 is 36.4 Å². The maximum atomic E-state index is 12.4. The minimum atomic E-state index is -4.48. The molecular formula is C8H5ClF3NS2. The SMILES string of the molecule is FC(F)(F)c1cc(NC(=S)S)ccc1Cl. The van der Waals surface area contributed by atoms with Crippen molar-refractivity contribution in [1.82, 2.24) is 0 Å². The lowest BCUT2D eigenvalue weighted by molar-refractivity contribution is -0.137. The summed E-state index contributed by atoms with van der Waals surface area (Å²) in [7, 11) is 0. The molecule has 0 aromatic heterocycles. The highest BCUT2D eigenvalue weighted by atomic mass is 35.5. The number of thiocarbonyl (C=S) groups is 1. The summed E-state index contributed by atoms with van der Waals surface area (Å²) < 4.78 is 37.3. The average Bonchev–Trinajstić information content (AvgIpc) is 2.05. The molecule has 0 atom stereocenters. The van der Waals surface area contributed by atoms with Gasteiger partial charge in [-0.3, -0.25) is 0 Å². The van der Waals surface area contributed by atoms with Crippen LogP contribution in [0.3, 0.4) is 0 Å². The summed E-state index contributed by atoms with van der Waals surface area (Å²) in [6.45, 7) is 0. The lowest BCUT2D eigenvalue weighted by Crippen LogP contribution is -2.08.